The molecular weight excluding hydrogens is 442 g/mol. The van der Waals surface area contributed by atoms with E-state index in [1.54, 1.807) is 50.4 Å². The number of esters is 1. The second-order valence-electron chi connectivity index (χ2n) is 6.99. The summed E-state index contributed by atoms with van der Waals surface area (Å²) in [6.45, 7) is 6.03. The topological polar surface area (TPSA) is 97.3 Å². The zero-order valence-electron chi connectivity index (χ0n) is 18.4. The molecule has 0 unspecified atom stereocenters. The maximum absolute atomic E-state index is 12.9. The van der Waals surface area contributed by atoms with E-state index in [0.717, 1.165) is 0 Å². The summed E-state index contributed by atoms with van der Waals surface area (Å²) in [5, 5.41) is 2.66. The van der Waals surface area contributed by atoms with Gasteiger partial charge in [0.15, 0.2) is 5.17 Å². The smallest absolute Gasteiger partial charge is 0.338 e. The first-order chi connectivity index (χ1) is 15.9. The van der Waals surface area contributed by atoms with E-state index in [0.29, 0.717) is 34.4 Å². The van der Waals surface area contributed by atoms with Crippen LogP contribution in [0.15, 0.2) is 66.2 Å². The zero-order chi connectivity index (χ0) is 23.8. The first kappa shape index (κ1) is 24.1. The van der Waals surface area contributed by atoms with Crippen LogP contribution in [0.2, 0.25) is 0 Å². The van der Waals surface area contributed by atoms with Crippen LogP contribution in [-0.2, 0) is 14.3 Å². The van der Waals surface area contributed by atoms with Crippen LogP contribution in [0.4, 0.5) is 11.4 Å². The minimum absolute atomic E-state index is 0.0199. The third kappa shape index (κ3) is 6.23. The lowest BCUT2D eigenvalue weighted by Crippen LogP contribution is -2.33. The molecule has 0 saturated carbocycles. The van der Waals surface area contributed by atoms with E-state index in [9.17, 15) is 14.4 Å². The minimum atomic E-state index is -0.604. The van der Waals surface area contributed by atoms with Gasteiger partial charge < -0.3 is 14.8 Å². The van der Waals surface area contributed by atoms with Crippen LogP contribution in [-0.4, -0.2) is 53.4 Å². The van der Waals surface area contributed by atoms with Gasteiger partial charge in [-0.1, -0.05) is 23.9 Å². The summed E-state index contributed by atoms with van der Waals surface area (Å²) in [6.07, 6.45) is 1.60. The van der Waals surface area contributed by atoms with Crippen LogP contribution in [0, 0.1) is 0 Å². The molecule has 0 bridgehead atoms. The molecule has 1 atom stereocenters. The van der Waals surface area contributed by atoms with Gasteiger partial charge in [-0.15, -0.1) is 6.58 Å². The van der Waals surface area contributed by atoms with Gasteiger partial charge in [-0.25, -0.2) is 9.79 Å². The Labute approximate surface area is 196 Å². The highest BCUT2D eigenvalue weighted by Crippen LogP contribution is 2.32. The third-order valence-corrected chi connectivity index (χ3v) is 5.84. The summed E-state index contributed by atoms with van der Waals surface area (Å²) < 4.78 is 10.2. The summed E-state index contributed by atoms with van der Waals surface area (Å²) in [5.74, 6) is -0.278. The van der Waals surface area contributed by atoms with Crippen molar-refractivity contribution in [2.75, 3.05) is 25.6 Å². The largest absolute Gasteiger partial charge is 0.497 e. The Balaban J connectivity index is 1.68. The number of ether oxygens (including phenoxy) is 2. The summed E-state index contributed by atoms with van der Waals surface area (Å²) >= 11 is 1.24. The number of rotatable bonds is 9. The predicted octanol–water partition coefficient (Wildman–Crippen LogP) is 4.02. The lowest BCUT2D eigenvalue weighted by Gasteiger charge is -2.14. The molecule has 1 fully saturated rings. The van der Waals surface area contributed by atoms with E-state index < -0.39 is 11.2 Å². The maximum atomic E-state index is 12.9. The summed E-state index contributed by atoms with van der Waals surface area (Å²) in [5.41, 5.74) is 1.57. The predicted molar refractivity (Wildman–Crippen MR) is 129 cm³/mol. The number of hydrogen-bond acceptors (Lipinski definition) is 7. The number of hydrogen-bond donors (Lipinski definition) is 1. The van der Waals surface area contributed by atoms with E-state index in [2.05, 4.69) is 16.9 Å². The van der Waals surface area contributed by atoms with E-state index in [4.69, 9.17) is 9.47 Å². The van der Waals surface area contributed by atoms with Gasteiger partial charge in [0.05, 0.1) is 25.0 Å². The second-order valence-corrected chi connectivity index (χ2v) is 8.16. The van der Waals surface area contributed by atoms with Crippen molar-refractivity contribution in [1.29, 1.82) is 0 Å². The molecule has 0 aliphatic carbocycles. The second kappa shape index (κ2) is 11.3. The number of carbonyl (C=O) groups is 3. The average Bonchev–Trinajstić information content (AvgIpc) is 3.08. The maximum Gasteiger partial charge on any atom is 0.338 e. The van der Waals surface area contributed by atoms with Gasteiger partial charge in [0.1, 0.15) is 11.0 Å². The zero-order valence-corrected chi connectivity index (χ0v) is 19.3. The monoisotopic (exact) mass is 467 g/mol. The molecule has 1 aliphatic rings. The number of carbonyl (C=O) groups excluding carboxylic acids is 3. The van der Waals surface area contributed by atoms with Crippen molar-refractivity contribution in [2.24, 2.45) is 4.99 Å². The van der Waals surface area contributed by atoms with Gasteiger partial charge in [0.25, 0.3) is 0 Å². The molecular formula is C24H25N3O5S. The van der Waals surface area contributed by atoms with Crippen LogP contribution in [0.5, 0.6) is 5.75 Å². The molecule has 9 heteroatoms. The van der Waals surface area contributed by atoms with E-state index in [1.165, 1.54) is 16.7 Å². The number of amidine groups is 1. The highest BCUT2D eigenvalue weighted by atomic mass is 32.2. The van der Waals surface area contributed by atoms with Gasteiger partial charge in [0.2, 0.25) is 11.8 Å². The van der Waals surface area contributed by atoms with Crippen molar-refractivity contribution in [3.05, 3.63) is 66.7 Å². The molecule has 8 nitrogen and oxygen atoms in total. The number of nitrogens with zero attached hydrogens (tertiary/aromatic N) is 2. The molecule has 1 heterocycles. The summed E-state index contributed by atoms with van der Waals surface area (Å²) in [6, 6.07) is 13.6. The van der Waals surface area contributed by atoms with Crippen molar-refractivity contribution in [3.8, 4) is 5.75 Å². The number of amides is 2. The van der Waals surface area contributed by atoms with E-state index in [-0.39, 0.29) is 24.8 Å². The molecule has 1 saturated heterocycles. The Morgan fingerprint density at radius 3 is 2.67 bits per heavy atom. The van der Waals surface area contributed by atoms with Crippen molar-refractivity contribution in [1.82, 2.24) is 4.90 Å². The fraction of sp³-hybridized carbons (Fsp3) is 0.250. The van der Waals surface area contributed by atoms with Gasteiger partial charge in [-0.2, -0.15) is 0 Å². The quantitative estimate of drug-likeness (QED) is 0.442. The Bertz CT molecular complexity index is 1070. The molecule has 2 aromatic carbocycles. The molecule has 0 radical (unpaired) electrons. The summed E-state index contributed by atoms with van der Waals surface area (Å²) in [7, 11) is 1.57. The van der Waals surface area contributed by atoms with Gasteiger partial charge in [0, 0.05) is 24.7 Å². The van der Waals surface area contributed by atoms with E-state index in [1.807, 2.05) is 18.2 Å². The van der Waals surface area contributed by atoms with Gasteiger partial charge in [-0.3, -0.25) is 14.5 Å². The van der Waals surface area contributed by atoms with E-state index >= 15 is 0 Å². The van der Waals surface area contributed by atoms with Crippen LogP contribution in [0.3, 0.4) is 0 Å². The fourth-order valence-electron chi connectivity index (χ4n) is 3.10. The fourth-order valence-corrected chi connectivity index (χ4v) is 4.26. The number of nitrogens with one attached hydrogen (secondary N) is 1. The Morgan fingerprint density at radius 1 is 1.24 bits per heavy atom. The third-order valence-electron chi connectivity index (χ3n) is 4.66. The van der Waals surface area contributed by atoms with Crippen LogP contribution < -0.4 is 10.1 Å². The van der Waals surface area contributed by atoms with Gasteiger partial charge in [-0.05, 0) is 43.3 Å². The van der Waals surface area contributed by atoms with Crippen molar-refractivity contribution < 1.29 is 23.9 Å². The number of methoxy groups -OCH3 is 1. The van der Waals surface area contributed by atoms with Crippen LogP contribution >= 0.6 is 11.8 Å². The number of aliphatic imine (C=N–C) groups is 1. The molecule has 0 aromatic heterocycles. The molecule has 3 rings (SSSR count). The molecule has 0 spiro atoms. The minimum Gasteiger partial charge on any atom is -0.497 e. The summed E-state index contributed by atoms with van der Waals surface area (Å²) in [4.78, 5) is 43.3. The van der Waals surface area contributed by atoms with Crippen LogP contribution in [0.25, 0.3) is 0 Å². The number of thioether (sulfide) groups is 1. The molecule has 33 heavy (non-hydrogen) atoms. The molecule has 1 aliphatic heterocycles. The first-order valence-corrected chi connectivity index (χ1v) is 11.2. The molecule has 1 N–H and O–H groups in total. The SMILES string of the molecule is C=CCN1C(=O)[C@H](CC(=O)Nc2ccc(C(=O)OCC)cc2)SC1=Nc1cccc(OC)c1. The number of benzene rings is 2. The number of anilines is 1. The molecule has 172 valence electrons. The van der Waals surface area contributed by atoms with Crippen molar-refractivity contribution in [3.63, 3.8) is 0 Å². The highest BCUT2D eigenvalue weighted by Gasteiger charge is 2.38. The molecule has 2 aromatic rings. The normalized spacial score (nSPS) is 16.5. The average molecular weight is 468 g/mol. The standard InChI is InChI=1S/C24H25N3O5S/c1-4-13-27-22(29)20(33-24(27)26-18-7-6-8-19(14-18)31-3)15-21(28)25-17-11-9-16(10-12-17)23(30)32-5-2/h4,6-12,14,20H,1,5,13,15H2,2-3H3,(H,25,28)/t20-/m0/s1. The van der Waals surface area contributed by atoms with Crippen molar-refractivity contribution >= 4 is 46.1 Å². The lowest BCUT2D eigenvalue weighted by atomic mass is 10.2. The van der Waals surface area contributed by atoms with Crippen LogP contribution in [0.1, 0.15) is 23.7 Å². The first-order valence-electron chi connectivity index (χ1n) is 10.3. The Kier molecular flexibility index (Phi) is 8.26. The van der Waals surface area contributed by atoms with Gasteiger partial charge >= 0.3 is 5.97 Å². The van der Waals surface area contributed by atoms with Crippen molar-refractivity contribution in [2.45, 2.75) is 18.6 Å². The molecule has 2 amide bonds. The Morgan fingerprint density at radius 2 is 2.00 bits per heavy atom. The highest BCUT2D eigenvalue weighted by molar-refractivity contribution is 8.15. The lowest BCUT2D eigenvalue weighted by molar-refractivity contribution is -0.127. The Hall–Kier alpha value is -3.59.